The molecule has 4 saturated carbocycles. The number of hydrogen-bond donors (Lipinski definition) is 4. The summed E-state index contributed by atoms with van der Waals surface area (Å²) in [6.45, 7) is 16.5. The number of aliphatic hydroxyl groups is 1. The minimum atomic E-state index is -0.175. The van der Waals surface area contributed by atoms with Gasteiger partial charge in [-0.05, 0) is 118 Å². The zero-order valence-corrected chi connectivity index (χ0v) is 26.4. The lowest BCUT2D eigenvalue weighted by atomic mass is 9.43. The summed E-state index contributed by atoms with van der Waals surface area (Å²) in [5.74, 6) is 3.39. The fraction of sp³-hybridized carbons (Fsp3) is 0.970. The molecule has 0 saturated heterocycles. The van der Waals surface area contributed by atoms with Crippen molar-refractivity contribution in [2.45, 2.75) is 117 Å². The van der Waals surface area contributed by atoms with E-state index in [-0.39, 0.29) is 23.6 Å². The number of nitrogens with one attached hydrogen (secondary N) is 1. The van der Waals surface area contributed by atoms with E-state index < -0.39 is 0 Å². The first-order valence-electron chi connectivity index (χ1n) is 16.8. The normalized spacial score (nSPS) is 40.0. The van der Waals surface area contributed by atoms with E-state index in [1.54, 1.807) is 0 Å². The van der Waals surface area contributed by atoms with Crippen LogP contribution in [-0.4, -0.2) is 73.5 Å². The average molecular weight is 563 g/mol. The van der Waals surface area contributed by atoms with Crippen molar-refractivity contribution in [2.75, 3.05) is 39.3 Å². The first-order valence-corrected chi connectivity index (χ1v) is 16.8. The topological polar surface area (TPSA) is 114 Å². The fourth-order valence-corrected chi connectivity index (χ4v) is 10.4. The van der Waals surface area contributed by atoms with Gasteiger partial charge in [0.2, 0.25) is 0 Å². The van der Waals surface area contributed by atoms with Gasteiger partial charge in [0, 0.05) is 51.7 Å². The van der Waals surface area contributed by atoms with Crippen molar-refractivity contribution in [3.05, 3.63) is 0 Å². The molecule has 6 N–H and O–H groups in total. The van der Waals surface area contributed by atoms with E-state index in [1.807, 2.05) is 13.8 Å². The van der Waals surface area contributed by atoms with Crippen LogP contribution >= 0.6 is 0 Å². The van der Waals surface area contributed by atoms with Gasteiger partial charge in [-0.15, -0.1) is 0 Å². The smallest absolute Gasteiger partial charge is 0.306 e. The number of ether oxygens (including phenoxy) is 1. The molecule has 0 amide bonds. The molecule has 0 aromatic rings. The van der Waals surface area contributed by atoms with Gasteiger partial charge in [-0.2, -0.15) is 0 Å². The molecule has 4 fully saturated rings. The lowest BCUT2D eigenvalue weighted by molar-refractivity contribution is -0.167. The van der Waals surface area contributed by atoms with Gasteiger partial charge in [-0.1, -0.05) is 20.8 Å². The molecule has 0 heterocycles. The highest BCUT2D eigenvalue weighted by Gasteiger charge is 2.62. The van der Waals surface area contributed by atoms with Crippen LogP contribution in [0.5, 0.6) is 0 Å². The number of nitrogens with zero attached hydrogens (tertiary/aromatic N) is 1. The molecular formula is C33H62N4O3. The van der Waals surface area contributed by atoms with Gasteiger partial charge >= 0.3 is 5.97 Å². The van der Waals surface area contributed by atoms with Crippen molar-refractivity contribution in [2.24, 2.45) is 57.8 Å². The highest BCUT2D eigenvalue weighted by Crippen LogP contribution is 2.68. The second kappa shape index (κ2) is 13.7. The molecule has 0 aromatic carbocycles. The quantitative estimate of drug-likeness (QED) is 0.249. The maximum absolute atomic E-state index is 12.2. The van der Waals surface area contributed by atoms with Crippen LogP contribution < -0.4 is 16.8 Å². The molecule has 40 heavy (non-hydrogen) atoms. The van der Waals surface area contributed by atoms with Gasteiger partial charge in [0.1, 0.15) is 0 Å². The maximum atomic E-state index is 12.2. The average Bonchev–Trinajstić information content (AvgIpc) is 3.25. The van der Waals surface area contributed by atoms with Crippen LogP contribution in [0.1, 0.15) is 98.8 Å². The largest absolute Gasteiger partial charge is 0.463 e. The van der Waals surface area contributed by atoms with Gasteiger partial charge in [-0.25, -0.2) is 0 Å². The third-order valence-corrected chi connectivity index (χ3v) is 12.4. The second-order valence-corrected chi connectivity index (χ2v) is 14.9. The van der Waals surface area contributed by atoms with Crippen molar-refractivity contribution >= 4 is 5.97 Å². The van der Waals surface area contributed by atoms with Crippen LogP contribution in [0, 0.1) is 46.3 Å². The van der Waals surface area contributed by atoms with Crippen molar-refractivity contribution < 1.29 is 14.6 Å². The molecule has 0 radical (unpaired) electrons. The Hall–Kier alpha value is -0.730. The van der Waals surface area contributed by atoms with Gasteiger partial charge < -0.3 is 26.6 Å². The van der Waals surface area contributed by atoms with Gasteiger partial charge in [0.15, 0.2) is 0 Å². The SMILES string of the molecule is CC(C)OC(=O)CC[C@@H](C)C1CCC2C3C(CC[C@@]21C)[C@@]1(C)CC[C@H](NCCN(CCN)CCN)CC1C[C@H]3O. The first kappa shape index (κ1) is 32.2. The molecule has 4 rings (SSSR count). The summed E-state index contributed by atoms with van der Waals surface area (Å²) in [4.78, 5) is 14.6. The van der Waals surface area contributed by atoms with Gasteiger partial charge in [-0.3, -0.25) is 9.69 Å². The van der Waals surface area contributed by atoms with Crippen molar-refractivity contribution in [1.82, 2.24) is 10.2 Å². The lowest BCUT2D eigenvalue weighted by Gasteiger charge is -2.62. The molecule has 0 spiro atoms. The van der Waals surface area contributed by atoms with Crippen LogP contribution in [0.2, 0.25) is 0 Å². The second-order valence-electron chi connectivity index (χ2n) is 14.9. The number of fused-ring (bicyclic) bond motifs is 5. The molecule has 10 atom stereocenters. The van der Waals surface area contributed by atoms with Gasteiger partial charge in [0.25, 0.3) is 0 Å². The molecule has 7 heteroatoms. The summed E-state index contributed by atoms with van der Waals surface area (Å²) >= 11 is 0. The van der Waals surface area contributed by atoms with E-state index in [0.29, 0.717) is 66.5 Å². The number of aliphatic hydroxyl groups excluding tert-OH is 1. The Labute approximate surface area is 244 Å². The van der Waals surface area contributed by atoms with Crippen LogP contribution in [0.15, 0.2) is 0 Å². The van der Waals surface area contributed by atoms with E-state index in [4.69, 9.17) is 16.2 Å². The molecule has 0 aromatic heterocycles. The molecule has 4 aliphatic rings. The summed E-state index contributed by atoms with van der Waals surface area (Å²) in [5.41, 5.74) is 12.2. The van der Waals surface area contributed by atoms with E-state index in [9.17, 15) is 9.90 Å². The number of hydrogen-bond acceptors (Lipinski definition) is 7. The van der Waals surface area contributed by atoms with E-state index in [1.165, 1.54) is 44.9 Å². The zero-order valence-electron chi connectivity index (χ0n) is 26.4. The third kappa shape index (κ3) is 6.74. The third-order valence-electron chi connectivity index (χ3n) is 12.4. The Balaban J connectivity index is 1.35. The predicted molar refractivity (Wildman–Crippen MR) is 163 cm³/mol. The summed E-state index contributed by atoms with van der Waals surface area (Å²) in [6.07, 6.45) is 10.9. The molecule has 232 valence electrons. The predicted octanol–water partition coefficient (Wildman–Crippen LogP) is 4.16. The Morgan fingerprint density at radius 2 is 1.65 bits per heavy atom. The van der Waals surface area contributed by atoms with Crippen molar-refractivity contribution in [3.63, 3.8) is 0 Å². The number of carbonyl (C=O) groups is 1. The van der Waals surface area contributed by atoms with Crippen LogP contribution in [-0.2, 0) is 9.53 Å². The van der Waals surface area contributed by atoms with Crippen LogP contribution in [0.3, 0.4) is 0 Å². The summed E-state index contributed by atoms with van der Waals surface area (Å²) in [7, 11) is 0. The fourth-order valence-electron chi connectivity index (χ4n) is 10.4. The number of rotatable bonds is 13. The first-order chi connectivity index (χ1) is 19.0. The Morgan fingerprint density at radius 3 is 2.33 bits per heavy atom. The Bertz CT molecular complexity index is 820. The van der Waals surface area contributed by atoms with Crippen molar-refractivity contribution in [3.8, 4) is 0 Å². The monoisotopic (exact) mass is 562 g/mol. The summed E-state index contributed by atoms with van der Waals surface area (Å²) in [5, 5.41) is 15.6. The standard InChI is InChI=1S/C33H62N4O3/c1-22(2)40-30(39)9-6-23(3)26-7-8-27-31-28(11-13-33(26,27)5)32(4)12-10-25(20-24(32)21-29(31)38)36-16-19-37(17-14-34)18-15-35/h22-29,31,36,38H,6-21,34-35H2,1-5H3/t23-,24?,25+,26?,27?,28?,29-,31?,32+,33-/m1/s1. The van der Waals surface area contributed by atoms with Crippen LogP contribution in [0.25, 0.3) is 0 Å². The zero-order chi connectivity index (χ0) is 29.1. The molecule has 0 aliphatic heterocycles. The van der Waals surface area contributed by atoms with E-state index in [0.717, 1.165) is 39.0 Å². The number of esters is 1. The molecule has 5 unspecified atom stereocenters. The number of nitrogens with two attached hydrogens (primary N) is 2. The number of carbonyl (C=O) groups excluding carboxylic acids is 1. The summed E-state index contributed by atoms with van der Waals surface area (Å²) in [6, 6.07) is 0.549. The summed E-state index contributed by atoms with van der Waals surface area (Å²) < 4.78 is 5.41. The minimum absolute atomic E-state index is 0.0386. The molecule has 7 nitrogen and oxygen atoms in total. The molecule has 0 bridgehead atoms. The van der Waals surface area contributed by atoms with E-state index >= 15 is 0 Å². The molecular weight excluding hydrogens is 500 g/mol. The van der Waals surface area contributed by atoms with Crippen molar-refractivity contribution in [1.29, 1.82) is 0 Å². The highest BCUT2D eigenvalue weighted by atomic mass is 16.5. The maximum Gasteiger partial charge on any atom is 0.306 e. The molecule has 4 aliphatic carbocycles. The highest BCUT2D eigenvalue weighted by molar-refractivity contribution is 5.69. The van der Waals surface area contributed by atoms with Gasteiger partial charge in [0.05, 0.1) is 12.2 Å². The van der Waals surface area contributed by atoms with Crippen LogP contribution in [0.4, 0.5) is 0 Å². The Morgan fingerprint density at radius 1 is 0.975 bits per heavy atom. The Kier molecular flexibility index (Phi) is 11.0. The minimum Gasteiger partial charge on any atom is -0.463 e. The lowest BCUT2D eigenvalue weighted by Crippen LogP contribution is -2.59. The van der Waals surface area contributed by atoms with E-state index in [2.05, 4.69) is 31.0 Å².